The van der Waals surface area contributed by atoms with E-state index >= 15 is 0 Å². The van der Waals surface area contributed by atoms with E-state index in [0.29, 0.717) is 15.5 Å². The van der Waals surface area contributed by atoms with Gasteiger partial charge in [-0.2, -0.15) is 0 Å². The summed E-state index contributed by atoms with van der Waals surface area (Å²) in [7, 11) is 0. The maximum Gasteiger partial charge on any atom is 0.0847 e. The molecular formula is C18H22Cl2O. The highest BCUT2D eigenvalue weighted by atomic mass is 35.5. The third-order valence-electron chi connectivity index (χ3n) is 6.24. The highest BCUT2D eigenvalue weighted by Crippen LogP contribution is 2.68. The van der Waals surface area contributed by atoms with E-state index in [1.54, 1.807) is 0 Å². The highest BCUT2D eigenvalue weighted by molar-refractivity contribution is 6.42. The predicted molar refractivity (Wildman–Crippen MR) is 86.6 cm³/mol. The first-order chi connectivity index (χ1) is 9.89. The molecule has 3 atom stereocenters. The Morgan fingerprint density at radius 2 is 1.76 bits per heavy atom. The highest BCUT2D eigenvalue weighted by Gasteiger charge is 2.58. The number of hydrogen-bond donors (Lipinski definition) is 1. The summed E-state index contributed by atoms with van der Waals surface area (Å²) in [5.41, 5.74) is 1.45. The van der Waals surface area contributed by atoms with Crippen LogP contribution in [0.2, 0.25) is 10.0 Å². The zero-order valence-corrected chi connectivity index (χ0v) is 13.9. The molecule has 21 heavy (non-hydrogen) atoms. The molecule has 0 amide bonds. The monoisotopic (exact) mass is 324 g/mol. The Bertz CT molecular complexity index is 569. The number of aliphatic hydroxyl groups excluding tert-OH is 1. The maximum atomic E-state index is 11.1. The molecule has 1 N–H and O–H groups in total. The Labute approximate surface area is 136 Å². The second-order valence-electron chi connectivity index (χ2n) is 8.21. The lowest BCUT2D eigenvalue weighted by atomic mass is 9.43. The van der Waals surface area contributed by atoms with E-state index in [2.05, 4.69) is 6.92 Å². The van der Waals surface area contributed by atoms with Crippen LogP contribution in [-0.2, 0) is 0 Å². The van der Waals surface area contributed by atoms with Gasteiger partial charge < -0.3 is 5.11 Å². The largest absolute Gasteiger partial charge is 0.388 e. The fourth-order valence-electron chi connectivity index (χ4n) is 6.15. The molecule has 4 bridgehead atoms. The summed E-state index contributed by atoms with van der Waals surface area (Å²) in [5.74, 6) is 1.63. The first-order valence-corrected chi connectivity index (χ1v) is 8.78. The van der Waals surface area contributed by atoms with Crippen LogP contribution in [0.3, 0.4) is 0 Å². The van der Waals surface area contributed by atoms with Crippen LogP contribution in [0.1, 0.15) is 57.1 Å². The van der Waals surface area contributed by atoms with Gasteiger partial charge in [-0.25, -0.2) is 0 Å². The Hall–Kier alpha value is -0.240. The summed E-state index contributed by atoms with van der Waals surface area (Å²) in [6, 6.07) is 5.61. The summed E-state index contributed by atoms with van der Waals surface area (Å²) in [5, 5.41) is 12.2. The van der Waals surface area contributed by atoms with Crippen LogP contribution < -0.4 is 0 Å². The second-order valence-corrected chi connectivity index (χ2v) is 9.02. The van der Waals surface area contributed by atoms with Crippen molar-refractivity contribution in [2.24, 2.45) is 22.7 Å². The van der Waals surface area contributed by atoms with E-state index in [-0.39, 0.29) is 5.41 Å². The van der Waals surface area contributed by atoms with Gasteiger partial charge in [0.15, 0.2) is 0 Å². The van der Waals surface area contributed by atoms with Crippen molar-refractivity contribution >= 4 is 23.2 Å². The zero-order valence-electron chi connectivity index (χ0n) is 12.4. The Morgan fingerprint density at radius 1 is 1.10 bits per heavy atom. The van der Waals surface area contributed by atoms with E-state index < -0.39 is 6.10 Å². The van der Waals surface area contributed by atoms with Crippen molar-refractivity contribution in [1.29, 1.82) is 0 Å². The minimum atomic E-state index is -0.405. The summed E-state index contributed by atoms with van der Waals surface area (Å²) in [6.07, 6.45) is 7.22. The normalized spacial score (nSPS) is 42.3. The fraction of sp³-hybridized carbons (Fsp3) is 0.667. The van der Waals surface area contributed by atoms with Crippen molar-refractivity contribution in [3.05, 3.63) is 33.8 Å². The van der Waals surface area contributed by atoms with Crippen LogP contribution in [0.25, 0.3) is 0 Å². The lowest BCUT2D eigenvalue weighted by molar-refractivity contribution is -0.155. The Morgan fingerprint density at radius 3 is 2.33 bits per heavy atom. The molecule has 0 heterocycles. The molecule has 1 aromatic rings. The quantitative estimate of drug-likeness (QED) is 0.747. The van der Waals surface area contributed by atoms with Crippen molar-refractivity contribution in [2.45, 2.75) is 51.6 Å². The van der Waals surface area contributed by atoms with Gasteiger partial charge >= 0.3 is 0 Å². The number of benzene rings is 1. The van der Waals surface area contributed by atoms with Crippen molar-refractivity contribution in [3.63, 3.8) is 0 Å². The van der Waals surface area contributed by atoms with Gasteiger partial charge in [0.2, 0.25) is 0 Å². The van der Waals surface area contributed by atoms with Crippen LogP contribution in [0.4, 0.5) is 0 Å². The zero-order chi connectivity index (χ0) is 14.8. The van der Waals surface area contributed by atoms with Gasteiger partial charge in [-0.3, -0.25) is 0 Å². The Kier molecular flexibility index (Phi) is 3.17. The lowest BCUT2D eigenvalue weighted by Crippen LogP contribution is -2.53. The molecule has 1 nitrogen and oxygen atoms in total. The van der Waals surface area contributed by atoms with Gasteiger partial charge in [0, 0.05) is 5.41 Å². The number of rotatable bonds is 2. The topological polar surface area (TPSA) is 20.2 Å². The van der Waals surface area contributed by atoms with Crippen LogP contribution in [-0.4, -0.2) is 5.11 Å². The van der Waals surface area contributed by atoms with E-state index in [1.165, 1.54) is 32.1 Å². The van der Waals surface area contributed by atoms with Crippen molar-refractivity contribution < 1.29 is 5.11 Å². The molecule has 0 radical (unpaired) electrons. The Balaban J connectivity index is 1.70. The van der Waals surface area contributed by atoms with Crippen LogP contribution >= 0.6 is 23.2 Å². The summed E-state index contributed by atoms with van der Waals surface area (Å²) >= 11 is 12.2. The molecule has 4 aliphatic rings. The molecule has 4 fully saturated rings. The molecule has 3 heteroatoms. The van der Waals surface area contributed by atoms with Gasteiger partial charge in [-0.1, -0.05) is 36.2 Å². The fourth-order valence-corrected chi connectivity index (χ4v) is 6.46. The molecule has 114 valence electrons. The summed E-state index contributed by atoms with van der Waals surface area (Å²) < 4.78 is 0. The van der Waals surface area contributed by atoms with Crippen molar-refractivity contribution in [1.82, 2.24) is 0 Å². The van der Waals surface area contributed by atoms with E-state index in [0.717, 1.165) is 23.8 Å². The number of halogens is 2. The minimum absolute atomic E-state index is 0.0655. The molecule has 0 spiro atoms. The molecule has 0 saturated heterocycles. The van der Waals surface area contributed by atoms with Gasteiger partial charge in [0.25, 0.3) is 0 Å². The predicted octanol–water partition coefficient (Wildman–Crippen LogP) is 5.63. The van der Waals surface area contributed by atoms with E-state index in [1.807, 2.05) is 18.2 Å². The standard InChI is InChI=1S/C18H22Cl2O/c1-17-6-11-4-12(7-17)9-18(8-11,10-17)16(21)13-2-3-14(19)15(20)5-13/h2-3,5,11-12,16,21H,4,6-10H2,1H3. The number of aliphatic hydroxyl groups is 1. The summed E-state index contributed by atoms with van der Waals surface area (Å²) in [6.45, 7) is 2.43. The van der Waals surface area contributed by atoms with Crippen molar-refractivity contribution in [2.75, 3.05) is 0 Å². The second kappa shape index (κ2) is 4.63. The van der Waals surface area contributed by atoms with Crippen molar-refractivity contribution in [3.8, 4) is 0 Å². The molecular weight excluding hydrogens is 303 g/mol. The third-order valence-corrected chi connectivity index (χ3v) is 6.98. The molecule has 4 aliphatic carbocycles. The average Bonchev–Trinajstić information content (AvgIpc) is 2.38. The minimum Gasteiger partial charge on any atom is -0.388 e. The smallest absolute Gasteiger partial charge is 0.0847 e. The lowest BCUT2D eigenvalue weighted by Gasteiger charge is -2.62. The van der Waals surface area contributed by atoms with Gasteiger partial charge in [-0.05, 0) is 73.5 Å². The molecule has 0 aromatic heterocycles. The average molecular weight is 325 g/mol. The van der Waals surface area contributed by atoms with Crippen LogP contribution in [0.15, 0.2) is 18.2 Å². The van der Waals surface area contributed by atoms with Crippen LogP contribution in [0, 0.1) is 22.7 Å². The molecule has 4 saturated carbocycles. The maximum absolute atomic E-state index is 11.1. The molecule has 5 rings (SSSR count). The SMILES string of the molecule is CC12CC3CC(C1)CC(C(O)c1ccc(Cl)c(Cl)c1)(C3)C2. The third kappa shape index (κ3) is 2.24. The molecule has 3 unspecified atom stereocenters. The molecule has 0 aliphatic heterocycles. The van der Waals surface area contributed by atoms with Crippen LogP contribution in [0.5, 0.6) is 0 Å². The van der Waals surface area contributed by atoms with E-state index in [9.17, 15) is 5.11 Å². The summed E-state index contributed by atoms with van der Waals surface area (Å²) in [4.78, 5) is 0. The molecule has 1 aromatic carbocycles. The number of hydrogen-bond acceptors (Lipinski definition) is 1. The van der Waals surface area contributed by atoms with Gasteiger partial charge in [-0.15, -0.1) is 0 Å². The first kappa shape index (κ1) is 14.4. The van der Waals surface area contributed by atoms with E-state index in [4.69, 9.17) is 23.2 Å². The van der Waals surface area contributed by atoms with Gasteiger partial charge in [0.05, 0.1) is 16.1 Å². The first-order valence-electron chi connectivity index (χ1n) is 8.02. The van der Waals surface area contributed by atoms with Gasteiger partial charge in [0.1, 0.15) is 0 Å².